The zero-order chi connectivity index (χ0) is 26.4. The van der Waals surface area contributed by atoms with Gasteiger partial charge < -0.3 is 25.4 Å². The second-order valence-corrected chi connectivity index (χ2v) is 10.7. The van der Waals surface area contributed by atoms with Crippen LogP contribution in [0.25, 0.3) is 5.69 Å². The highest BCUT2D eigenvalue weighted by molar-refractivity contribution is 6.09. The van der Waals surface area contributed by atoms with Crippen LogP contribution in [0.2, 0.25) is 0 Å². The van der Waals surface area contributed by atoms with Crippen molar-refractivity contribution in [3.8, 4) is 11.4 Å². The lowest BCUT2D eigenvalue weighted by molar-refractivity contribution is 0.0972. The maximum Gasteiger partial charge on any atom is 0.277 e. The molecule has 198 valence electrons. The molecule has 6 rings (SSSR count). The Balaban J connectivity index is 1.24. The molecule has 38 heavy (non-hydrogen) atoms. The number of hydrogen-bond acceptors (Lipinski definition) is 6. The predicted molar refractivity (Wildman–Crippen MR) is 143 cm³/mol. The maximum absolute atomic E-state index is 13.8. The molecule has 0 bridgehead atoms. The first-order chi connectivity index (χ1) is 18.4. The van der Waals surface area contributed by atoms with Crippen molar-refractivity contribution < 1.29 is 19.4 Å². The first kappa shape index (κ1) is 24.6. The number of aliphatic hydroxyl groups excluding tert-OH is 1. The smallest absolute Gasteiger partial charge is 0.277 e. The SMILES string of the molecule is COc1ccc(-n2nc(C(N)=O)c3c2C(=O)N(c2ccc(C4(CCN5CCC(O)C5)CC4)cc2)CC3)cc1. The van der Waals surface area contributed by atoms with Crippen molar-refractivity contribution in [2.75, 3.05) is 38.2 Å². The largest absolute Gasteiger partial charge is 0.497 e. The number of carbonyl (C=O) groups is 2. The van der Waals surface area contributed by atoms with Crippen LogP contribution in [0.15, 0.2) is 48.5 Å². The maximum atomic E-state index is 13.8. The molecule has 1 atom stereocenters. The van der Waals surface area contributed by atoms with E-state index < -0.39 is 5.91 Å². The quantitative estimate of drug-likeness (QED) is 0.477. The topological polar surface area (TPSA) is 114 Å². The van der Waals surface area contributed by atoms with Gasteiger partial charge in [-0.15, -0.1) is 0 Å². The summed E-state index contributed by atoms with van der Waals surface area (Å²) in [5, 5.41) is 14.3. The first-order valence-corrected chi connectivity index (χ1v) is 13.3. The molecule has 2 fully saturated rings. The summed E-state index contributed by atoms with van der Waals surface area (Å²) in [6.07, 6.45) is 4.60. The Labute approximate surface area is 221 Å². The molecule has 1 saturated carbocycles. The lowest BCUT2D eigenvalue weighted by Gasteiger charge is -2.28. The van der Waals surface area contributed by atoms with Crippen molar-refractivity contribution in [3.05, 3.63) is 71.0 Å². The van der Waals surface area contributed by atoms with E-state index in [2.05, 4.69) is 22.1 Å². The average molecular weight is 516 g/mol. The van der Waals surface area contributed by atoms with E-state index in [1.54, 1.807) is 36.3 Å². The van der Waals surface area contributed by atoms with Gasteiger partial charge in [0.1, 0.15) is 11.4 Å². The number of primary amides is 1. The molecule has 2 aromatic carbocycles. The molecule has 3 aliphatic rings. The number of β-amino-alcohol motifs (C(OH)–C–C–N with tert-alkyl or cyclic N) is 1. The van der Waals surface area contributed by atoms with Crippen LogP contribution >= 0.6 is 0 Å². The molecule has 9 nitrogen and oxygen atoms in total. The van der Waals surface area contributed by atoms with Crippen LogP contribution in [0.1, 0.15) is 57.8 Å². The summed E-state index contributed by atoms with van der Waals surface area (Å²) in [6, 6.07) is 15.5. The number of methoxy groups -OCH3 is 1. The molecular weight excluding hydrogens is 482 g/mol. The molecular formula is C29H33N5O4. The van der Waals surface area contributed by atoms with Gasteiger partial charge in [-0.05, 0) is 86.0 Å². The van der Waals surface area contributed by atoms with E-state index in [0.717, 1.165) is 38.2 Å². The minimum atomic E-state index is -0.641. The molecule has 3 aromatic rings. The second kappa shape index (κ2) is 9.56. The summed E-state index contributed by atoms with van der Waals surface area (Å²) in [4.78, 5) is 30.1. The van der Waals surface area contributed by atoms with Gasteiger partial charge in [0.05, 0.1) is 18.9 Å². The lowest BCUT2D eigenvalue weighted by Crippen LogP contribution is -2.39. The number of amides is 2. The minimum Gasteiger partial charge on any atom is -0.497 e. The Morgan fingerprint density at radius 2 is 1.82 bits per heavy atom. The van der Waals surface area contributed by atoms with Gasteiger partial charge >= 0.3 is 0 Å². The molecule has 1 aliphatic carbocycles. The number of carbonyl (C=O) groups excluding carboxylic acids is 2. The van der Waals surface area contributed by atoms with Crippen LogP contribution in [0.3, 0.4) is 0 Å². The number of rotatable bonds is 8. The summed E-state index contributed by atoms with van der Waals surface area (Å²) in [5.74, 6) is -0.162. The number of aliphatic hydroxyl groups is 1. The summed E-state index contributed by atoms with van der Waals surface area (Å²) in [6.45, 7) is 3.20. The molecule has 1 aromatic heterocycles. The molecule has 0 spiro atoms. The van der Waals surface area contributed by atoms with E-state index in [1.807, 2.05) is 12.1 Å². The van der Waals surface area contributed by atoms with E-state index in [-0.39, 0.29) is 23.1 Å². The van der Waals surface area contributed by atoms with E-state index in [9.17, 15) is 14.7 Å². The number of nitrogens with two attached hydrogens (primary N) is 1. The van der Waals surface area contributed by atoms with E-state index >= 15 is 0 Å². The number of aromatic nitrogens is 2. The van der Waals surface area contributed by atoms with Crippen LogP contribution in [-0.4, -0.2) is 71.0 Å². The van der Waals surface area contributed by atoms with Gasteiger partial charge in [0.2, 0.25) is 0 Å². The predicted octanol–water partition coefficient (Wildman–Crippen LogP) is 2.67. The van der Waals surface area contributed by atoms with E-state index in [4.69, 9.17) is 10.5 Å². The third-order valence-electron chi connectivity index (χ3n) is 8.37. The van der Waals surface area contributed by atoms with Crippen molar-refractivity contribution in [3.63, 3.8) is 0 Å². The number of likely N-dealkylation sites (tertiary alicyclic amines) is 1. The normalized spacial score (nSPS) is 20.4. The molecule has 2 aliphatic heterocycles. The first-order valence-electron chi connectivity index (χ1n) is 13.3. The van der Waals surface area contributed by atoms with Crippen LogP contribution in [0, 0.1) is 0 Å². The zero-order valence-electron chi connectivity index (χ0n) is 21.6. The van der Waals surface area contributed by atoms with Crippen LogP contribution < -0.4 is 15.4 Å². The molecule has 1 unspecified atom stereocenters. The Hall–Kier alpha value is -3.69. The Bertz CT molecular complexity index is 1360. The Morgan fingerprint density at radius 3 is 2.42 bits per heavy atom. The number of ether oxygens (including phenoxy) is 1. The number of anilines is 1. The number of fused-ring (bicyclic) bond motifs is 1. The monoisotopic (exact) mass is 515 g/mol. The van der Waals surface area contributed by atoms with Crippen LogP contribution in [0.4, 0.5) is 5.69 Å². The Morgan fingerprint density at radius 1 is 1.11 bits per heavy atom. The molecule has 2 amide bonds. The van der Waals surface area contributed by atoms with Crippen LogP contribution in [0.5, 0.6) is 5.75 Å². The second-order valence-electron chi connectivity index (χ2n) is 10.7. The fraction of sp³-hybridized carbons (Fsp3) is 0.414. The van der Waals surface area contributed by atoms with Gasteiger partial charge in [-0.1, -0.05) is 12.1 Å². The molecule has 0 radical (unpaired) electrons. The Kier molecular flexibility index (Phi) is 6.20. The number of hydrogen-bond donors (Lipinski definition) is 2. The highest BCUT2D eigenvalue weighted by atomic mass is 16.5. The molecule has 1 saturated heterocycles. The highest BCUT2D eigenvalue weighted by Crippen LogP contribution is 2.51. The molecule has 9 heteroatoms. The average Bonchev–Trinajstić information content (AvgIpc) is 3.44. The molecule has 3 heterocycles. The third-order valence-corrected chi connectivity index (χ3v) is 8.37. The van der Waals surface area contributed by atoms with Crippen molar-refractivity contribution in [1.82, 2.24) is 14.7 Å². The van der Waals surface area contributed by atoms with Crippen molar-refractivity contribution >= 4 is 17.5 Å². The lowest BCUT2D eigenvalue weighted by atomic mass is 9.91. The minimum absolute atomic E-state index is 0.139. The van der Waals surface area contributed by atoms with Crippen LogP contribution in [-0.2, 0) is 11.8 Å². The van der Waals surface area contributed by atoms with Crippen molar-refractivity contribution in [2.45, 2.75) is 43.6 Å². The van der Waals surface area contributed by atoms with E-state index in [0.29, 0.717) is 35.7 Å². The standard InChI is InChI=1S/C29H33N5O4/c1-38-23-8-6-21(7-9-23)34-26-24(25(31-34)27(30)36)11-16-33(28(26)37)20-4-2-19(3-5-20)29(12-13-29)14-17-32-15-10-22(35)18-32/h2-9,22,35H,10-18H2,1H3,(H2,30,36). The van der Waals surface area contributed by atoms with Gasteiger partial charge in [-0.2, -0.15) is 5.10 Å². The third kappa shape index (κ3) is 4.35. The summed E-state index contributed by atoms with van der Waals surface area (Å²) >= 11 is 0. The summed E-state index contributed by atoms with van der Waals surface area (Å²) in [7, 11) is 1.59. The van der Waals surface area contributed by atoms with Gasteiger partial charge in [-0.25, -0.2) is 4.68 Å². The van der Waals surface area contributed by atoms with Gasteiger partial charge in [0.25, 0.3) is 11.8 Å². The van der Waals surface area contributed by atoms with Crippen molar-refractivity contribution in [2.24, 2.45) is 5.73 Å². The number of benzene rings is 2. The summed E-state index contributed by atoms with van der Waals surface area (Å²) < 4.78 is 6.77. The fourth-order valence-electron chi connectivity index (χ4n) is 5.93. The number of nitrogens with zero attached hydrogens (tertiary/aromatic N) is 4. The van der Waals surface area contributed by atoms with Gasteiger partial charge in [0, 0.05) is 30.9 Å². The fourth-order valence-corrected chi connectivity index (χ4v) is 5.93. The van der Waals surface area contributed by atoms with Gasteiger partial charge in [-0.3, -0.25) is 9.59 Å². The molecule has 3 N–H and O–H groups in total. The zero-order valence-corrected chi connectivity index (χ0v) is 21.6. The van der Waals surface area contributed by atoms with Crippen molar-refractivity contribution in [1.29, 1.82) is 0 Å². The summed E-state index contributed by atoms with van der Waals surface area (Å²) in [5.41, 5.74) is 9.72. The highest BCUT2D eigenvalue weighted by Gasteiger charge is 2.44. The van der Waals surface area contributed by atoms with Gasteiger partial charge in [0.15, 0.2) is 5.69 Å². The van der Waals surface area contributed by atoms with E-state index in [1.165, 1.54) is 23.1 Å².